The second kappa shape index (κ2) is 4.13. The Bertz CT molecular complexity index is 538. The van der Waals surface area contributed by atoms with Crippen LogP contribution in [-0.2, 0) is 5.41 Å². The first-order chi connectivity index (χ1) is 8.02. The molecule has 0 aliphatic carbocycles. The SMILES string of the molecule is CC(C)(C)c1ccccc1-n1cc(C=O)nn1. The molecule has 0 aliphatic rings. The number of benzene rings is 1. The van der Waals surface area contributed by atoms with E-state index in [0.29, 0.717) is 12.0 Å². The van der Waals surface area contributed by atoms with Gasteiger partial charge in [0.1, 0.15) is 5.69 Å². The highest BCUT2D eigenvalue weighted by Crippen LogP contribution is 2.27. The van der Waals surface area contributed by atoms with Crippen molar-refractivity contribution < 1.29 is 4.79 Å². The zero-order valence-electron chi connectivity index (χ0n) is 10.2. The van der Waals surface area contributed by atoms with E-state index in [4.69, 9.17) is 0 Å². The zero-order chi connectivity index (χ0) is 12.5. The predicted molar refractivity (Wildman–Crippen MR) is 65.4 cm³/mol. The van der Waals surface area contributed by atoms with E-state index in [1.165, 1.54) is 5.56 Å². The maximum Gasteiger partial charge on any atom is 0.171 e. The highest BCUT2D eigenvalue weighted by Gasteiger charge is 2.18. The maximum atomic E-state index is 10.6. The number of nitrogens with zero attached hydrogens (tertiary/aromatic N) is 3. The van der Waals surface area contributed by atoms with Crippen LogP contribution in [0, 0.1) is 0 Å². The molecule has 0 saturated heterocycles. The van der Waals surface area contributed by atoms with Crippen molar-refractivity contribution >= 4 is 6.29 Å². The summed E-state index contributed by atoms with van der Waals surface area (Å²) in [4.78, 5) is 10.6. The molecule has 17 heavy (non-hydrogen) atoms. The topological polar surface area (TPSA) is 47.8 Å². The molecule has 0 bridgehead atoms. The second-order valence-corrected chi connectivity index (χ2v) is 4.97. The van der Waals surface area contributed by atoms with Crippen molar-refractivity contribution in [3.8, 4) is 5.69 Å². The summed E-state index contributed by atoms with van der Waals surface area (Å²) in [5.74, 6) is 0. The van der Waals surface area contributed by atoms with Gasteiger partial charge in [0.25, 0.3) is 0 Å². The molecule has 4 nitrogen and oxygen atoms in total. The van der Waals surface area contributed by atoms with Gasteiger partial charge in [0.2, 0.25) is 0 Å². The Balaban J connectivity index is 2.55. The lowest BCUT2D eigenvalue weighted by Crippen LogP contribution is -2.15. The minimum atomic E-state index is 0.0177. The van der Waals surface area contributed by atoms with Crippen LogP contribution >= 0.6 is 0 Å². The Morgan fingerprint density at radius 3 is 2.53 bits per heavy atom. The number of carbonyl (C=O) groups excluding carboxylic acids is 1. The molecule has 0 aliphatic heterocycles. The first kappa shape index (κ1) is 11.5. The minimum absolute atomic E-state index is 0.0177. The summed E-state index contributed by atoms with van der Waals surface area (Å²) in [5.41, 5.74) is 2.49. The number of para-hydroxylation sites is 1. The molecule has 0 saturated carbocycles. The van der Waals surface area contributed by atoms with E-state index in [1.54, 1.807) is 10.9 Å². The summed E-state index contributed by atoms with van der Waals surface area (Å²) in [5, 5.41) is 7.75. The molecule has 2 aromatic rings. The lowest BCUT2D eigenvalue weighted by atomic mass is 9.86. The summed E-state index contributed by atoms with van der Waals surface area (Å²) in [6.07, 6.45) is 2.33. The van der Waals surface area contributed by atoms with Crippen molar-refractivity contribution in [2.45, 2.75) is 26.2 Å². The van der Waals surface area contributed by atoms with Gasteiger partial charge < -0.3 is 0 Å². The monoisotopic (exact) mass is 229 g/mol. The van der Waals surface area contributed by atoms with Crippen LogP contribution in [0.4, 0.5) is 0 Å². The molecule has 0 N–H and O–H groups in total. The van der Waals surface area contributed by atoms with Gasteiger partial charge in [-0.25, -0.2) is 4.68 Å². The van der Waals surface area contributed by atoms with Crippen molar-refractivity contribution in [2.24, 2.45) is 0 Å². The van der Waals surface area contributed by atoms with Gasteiger partial charge in [-0.15, -0.1) is 5.10 Å². The Hall–Kier alpha value is -1.97. The van der Waals surface area contributed by atoms with Crippen LogP contribution in [0.25, 0.3) is 5.69 Å². The third-order valence-corrected chi connectivity index (χ3v) is 2.59. The fourth-order valence-electron chi connectivity index (χ4n) is 1.76. The number of aromatic nitrogens is 3. The minimum Gasteiger partial charge on any atom is -0.296 e. The third kappa shape index (κ3) is 2.25. The smallest absolute Gasteiger partial charge is 0.171 e. The quantitative estimate of drug-likeness (QED) is 0.743. The molecule has 2 rings (SSSR count). The number of hydrogen-bond donors (Lipinski definition) is 0. The van der Waals surface area contributed by atoms with Crippen LogP contribution in [0.2, 0.25) is 0 Å². The fraction of sp³-hybridized carbons (Fsp3) is 0.308. The number of aldehydes is 1. The summed E-state index contributed by atoms with van der Waals surface area (Å²) in [7, 11) is 0. The van der Waals surface area contributed by atoms with Crippen molar-refractivity contribution in [2.75, 3.05) is 0 Å². The zero-order valence-corrected chi connectivity index (χ0v) is 10.2. The molecule has 1 aromatic heterocycles. The largest absolute Gasteiger partial charge is 0.296 e. The van der Waals surface area contributed by atoms with Crippen LogP contribution in [0.3, 0.4) is 0 Å². The normalized spacial score (nSPS) is 11.5. The van der Waals surface area contributed by atoms with E-state index in [-0.39, 0.29) is 5.41 Å². The molecule has 4 heteroatoms. The first-order valence-corrected chi connectivity index (χ1v) is 5.50. The van der Waals surface area contributed by atoms with Gasteiger partial charge in [0.15, 0.2) is 6.29 Å². The predicted octanol–water partition coefficient (Wildman–Crippen LogP) is 2.38. The fourth-order valence-corrected chi connectivity index (χ4v) is 1.76. The molecule has 0 amide bonds. The third-order valence-electron chi connectivity index (χ3n) is 2.59. The van der Waals surface area contributed by atoms with Gasteiger partial charge in [0, 0.05) is 0 Å². The number of hydrogen-bond acceptors (Lipinski definition) is 3. The van der Waals surface area contributed by atoms with Gasteiger partial charge in [-0.2, -0.15) is 0 Å². The molecule has 0 radical (unpaired) electrons. The second-order valence-electron chi connectivity index (χ2n) is 4.97. The van der Waals surface area contributed by atoms with Crippen molar-refractivity contribution in [3.63, 3.8) is 0 Å². The Kier molecular flexibility index (Phi) is 2.79. The standard InChI is InChI=1S/C13H15N3O/c1-13(2,3)11-6-4-5-7-12(11)16-8-10(9-17)14-15-16/h4-9H,1-3H3. The Morgan fingerprint density at radius 1 is 1.24 bits per heavy atom. The van der Waals surface area contributed by atoms with E-state index in [1.807, 2.05) is 18.2 Å². The molecule has 0 atom stereocenters. The van der Waals surface area contributed by atoms with E-state index in [9.17, 15) is 4.79 Å². The van der Waals surface area contributed by atoms with E-state index in [0.717, 1.165) is 5.69 Å². The molecule has 0 unspecified atom stereocenters. The summed E-state index contributed by atoms with van der Waals surface area (Å²) in [6, 6.07) is 8.00. The lowest BCUT2D eigenvalue weighted by Gasteiger charge is -2.22. The lowest BCUT2D eigenvalue weighted by molar-refractivity contribution is 0.111. The summed E-state index contributed by atoms with van der Waals surface area (Å²) >= 11 is 0. The summed E-state index contributed by atoms with van der Waals surface area (Å²) in [6.45, 7) is 6.43. The van der Waals surface area contributed by atoms with E-state index >= 15 is 0 Å². The molecule has 0 fully saturated rings. The molecule has 88 valence electrons. The van der Waals surface area contributed by atoms with Crippen LogP contribution in [0.5, 0.6) is 0 Å². The average Bonchev–Trinajstić information content (AvgIpc) is 2.76. The molecular weight excluding hydrogens is 214 g/mol. The Labute approximate surface area is 100 Å². The van der Waals surface area contributed by atoms with Crippen molar-refractivity contribution in [1.29, 1.82) is 0 Å². The number of carbonyl (C=O) groups is 1. The molecular formula is C13H15N3O. The van der Waals surface area contributed by atoms with Gasteiger partial charge in [0.05, 0.1) is 11.9 Å². The van der Waals surface area contributed by atoms with Gasteiger partial charge in [-0.3, -0.25) is 4.79 Å². The molecule has 1 heterocycles. The van der Waals surface area contributed by atoms with Crippen LogP contribution < -0.4 is 0 Å². The van der Waals surface area contributed by atoms with E-state index < -0.39 is 0 Å². The van der Waals surface area contributed by atoms with Crippen LogP contribution in [0.1, 0.15) is 36.8 Å². The van der Waals surface area contributed by atoms with Crippen LogP contribution in [0.15, 0.2) is 30.5 Å². The maximum absolute atomic E-state index is 10.6. The highest BCUT2D eigenvalue weighted by atomic mass is 16.1. The van der Waals surface area contributed by atoms with Crippen LogP contribution in [-0.4, -0.2) is 21.3 Å². The summed E-state index contributed by atoms with van der Waals surface area (Å²) < 4.78 is 1.64. The van der Waals surface area contributed by atoms with Crippen molar-refractivity contribution in [3.05, 3.63) is 41.7 Å². The molecule has 0 spiro atoms. The van der Waals surface area contributed by atoms with Gasteiger partial charge in [-0.1, -0.05) is 44.2 Å². The van der Waals surface area contributed by atoms with Gasteiger partial charge >= 0.3 is 0 Å². The first-order valence-electron chi connectivity index (χ1n) is 5.50. The molecule has 1 aromatic carbocycles. The van der Waals surface area contributed by atoms with Crippen molar-refractivity contribution in [1.82, 2.24) is 15.0 Å². The Morgan fingerprint density at radius 2 is 1.94 bits per heavy atom. The number of rotatable bonds is 2. The highest BCUT2D eigenvalue weighted by molar-refractivity contribution is 5.71. The average molecular weight is 229 g/mol. The van der Waals surface area contributed by atoms with Gasteiger partial charge in [-0.05, 0) is 17.0 Å². The van der Waals surface area contributed by atoms with E-state index in [2.05, 4.69) is 37.1 Å².